The molecular weight excluding hydrogens is 243 g/mol. The van der Waals surface area contributed by atoms with Crippen LogP contribution in [0.1, 0.15) is 35.2 Å². The Morgan fingerprint density at radius 2 is 2.11 bits per heavy atom. The van der Waals surface area contributed by atoms with Gasteiger partial charge in [0, 0.05) is 18.7 Å². The van der Waals surface area contributed by atoms with E-state index in [0.29, 0.717) is 23.6 Å². The first-order valence-electron chi connectivity index (χ1n) is 6.87. The normalized spacial score (nSPS) is 16.7. The number of hydrogen-bond acceptors (Lipinski definition) is 2. The van der Waals surface area contributed by atoms with Gasteiger partial charge in [0.2, 0.25) is 0 Å². The summed E-state index contributed by atoms with van der Waals surface area (Å²) in [7, 11) is 0. The number of aryl methyl sites for hydroxylation is 1. The number of amides is 1. The predicted octanol–water partition coefficient (Wildman–Crippen LogP) is 2.34. The van der Waals surface area contributed by atoms with Gasteiger partial charge >= 0.3 is 0 Å². The summed E-state index contributed by atoms with van der Waals surface area (Å²) in [4.78, 5) is 14.1. The van der Waals surface area contributed by atoms with Gasteiger partial charge in [-0.25, -0.2) is 4.39 Å². The van der Waals surface area contributed by atoms with Crippen LogP contribution in [0.15, 0.2) is 18.2 Å². The van der Waals surface area contributed by atoms with Gasteiger partial charge in [0.1, 0.15) is 5.82 Å². The second kappa shape index (κ2) is 6.15. The van der Waals surface area contributed by atoms with E-state index in [2.05, 4.69) is 0 Å². The highest BCUT2D eigenvalue weighted by molar-refractivity contribution is 5.94. The van der Waals surface area contributed by atoms with Crippen LogP contribution in [0, 0.1) is 18.7 Å². The Morgan fingerprint density at radius 3 is 2.68 bits per heavy atom. The maximum absolute atomic E-state index is 13.5. The molecule has 1 amide bonds. The van der Waals surface area contributed by atoms with Gasteiger partial charge in [0.25, 0.3) is 5.91 Å². The molecule has 0 saturated carbocycles. The summed E-state index contributed by atoms with van der Waals surface area (Å²) in [5.74, 6) is 0.248. The Bertz CT molecular complexity index is 453. The zero-order valence-corrected chi connectivity index (χ0v) is 11.4. The van der Waals surface area contributed by atoms with Crippen molar-refractivity contribution in [3.63, 3.8) is 0 Å². The number of nitrogens with two attached hydrogens (primary N) is 1. The maximum Gasteiger partial charge on any atom is 0.253 e. The largest absolute Gasteiger partial charge is 0.339 e. The van der Waals surface area contributed by atoms with E-state index in [0.717, 1.165) is 32.4 Å². The number of halogens is 1. The highest BCUT2D eigenvalue weighted by Crippen LogP contribution is 2.21. The van der Waals surface area contributed by atoms with E-state index in [4.69, 9.17) is 5.73 Å². The van der Waals surface area contributed by atoms with Crippen LogP contribution in [0.5, 0.6) is 0 Å². The minimum absolute atomic E-state index is 0.0647. The van der Waals surface area contributed by atoms with E-state index >= 15 is 0 Å². The minimum Gasteiger partial charge on any atom is -0.339 e. The van der Waals surface area contributed by atoms with E-state index in [-0.39, 0.29) is 11.7 Å². The maximum atomic E-state index is 13.5. The SMILES string of the molecule is Cc1ccc(C(=O)N2CCC(CCN)CC2)cc1F. The molecule has 1 aromatic rings. The lowest BCUT2D eigenvalue weighted by molar-refractivity contribution is 0.0687. The summed E-state index contributed by atoms with van der Waals surface area (Å²) >= 11 is 0. The Balaban J connectivity index is 1.99. The topological polar surface area (TPSA) is 46.3 Å². The first-order chi connectivity index (χ1) is 9.11. The molecule has 104 valence electrons. The molecular formula is C15H21FN2O. The molecule has 1 fully saturated rings. The number of piperidine rings is 1. The van der Waals surface area contributed by atoms with Crippen molar-refractivity contribution in [2.75, 3.05) is 19.6 Å². The van der Waals surface area contributed by atoms with E-state index in [1.807, 2.05) is 4.90 Å². The number of rotatable bonds is 3. The summed E-state index contributed by atoms with van der Waals surface area (Å²) < 4.78 is 13.5. The molecule has 4 heteroatoms. The number of carbonyl (C=O) groups excluding carboxylic acids is 1. The lowest BCUT2D eigenvalue weighted by Crippen LogP contribution is -2.38. The third-order valence-corrected chi connectivity index (χ3v) is 3.90. The van der Waals surface area contributed by atoms with Crippen molar-refractivity contribution in [2.45, 2.75) is 26.2 Å². The van der Waals surface area contributed by atoms with Crippen molar-refractivity contribution < 1.29 is 9.18 Å². The molecule has 0 atom stereocenters. The van der Waals surface area contributed by atoms with Crippen molar-refractivity contribution in [2.24, 2.45) is 11.7 Å². The fraction of sp³-hybridized carbons (Fsp3) is 0.533. The van der Waals surface area contributed by atoms with E-state index < -0.39 is 0 Å². The number of carbonyl (C=O) groups is 1. The van der Waals surface area contributed by atoms with E-state index in [9.17, 15) is 9.18 Å². The standard InChI is InChI=1S/C15H21FN2O/c1-11-2-3-13(10-14(11)16)15(19)18-8-5-12(4-7-17)6-9-18/h2-3,10,12H,4-9,17H2,1H3. The zero-order chi connectivity index (χ0) is 13.8. The highest BCUT2D eigenvalue weighted by Gasteiger charge is 2.23. The first-order valence-corrected chi connectivity index (χ1v) is 6.87. The summed E-state index contributed by atoms with van der Waals surface area (Å²) in [6.45, 7) is 3.90. The Kier molecular flexibility index (Phi) is 4.53. The molecule has 0 bridgehead atoms. The molecule has 1 aromatic carbocycles. The zero-order valence-electron chi connectivity index (χ0n) is 11.4. The molecule has 0 unspecified atom stereocenters. The number of nitrogens with zero attached hydrogens (tertiary/aromatic N) is 1. The summed E-state index contributed by atoms with van der Waals surface area (Å²) in [6, 6.07) is 4.69. The molecule has 1 aliphatic heterocycles. The second-order valence-corrected chi connectivity index (χ2v) is 5.28. The average Bonchev–Trinajstić information content (AvgIpc) is 2.42. The van der Waals surface area contributed by atoms with Crippen LogP contribution in [-0.2, 0) is 0 Å². The number of hydrogen-bond donors (Lipinski definition) is 1. The molecule has 3 nitrogen and oxygen atoms in total. The van der Waals surface area contributed by atoms with E-state index in [1.54, 1.807) is 19.1 Å². The molecule has 0 spiro atoms. The Morgan fingerprint density at radius 1 is 1.42 bits per heavy atom. The summed E-state index contributed by atoms with van der Waals surface area (Å²) in [5.41, 5.74) is 6.57. The molecule has 0 radical (unpaired) electrons. The highest BCUT2D eigenvalue weighted by atomic mass is 19.1. The molecule has 1 saturated heterocycles. The first kappa shape index (κ1) is 14.0. The fourth-order valence-corrected chi connectivity index (χ4v) is 2.57. The van der Waals surface area contributed by atoms with Crippen LogP contribution in [0.3, 0.4) is 0 Å². The molecule has 0 aromatic heterocycles. The molecule has 0 aliphatic carbocycles. The van der Waals surface area contributed by atoms with Gasteiger partial charge in [-0.15, -0.1) is 0 Å². The van der Waals surface area contributed by atoms with Crippen LogP contribution >= 0.6 is 0 Å². The Labute approximate surface area is 113 Å². The number of benzene rings is 1. The monoisotopic (exact) mass is 264 g/mol. The number of likely N-dealkylation sites (tertiary alicyclic amines) is 1. The van der Waals surface area contributed by atoms with Crippen LogP contribution in [0.25, 0.3) is 0 Å². The molecule has 2 N–H and O–H groups in total. The van der Waals surface area contributed by atoms with Crippen LogP contribution in [-0.4, -0.2) is 30.4 Å². The van der Waals surface area contributed by atoms with Crippen LogP contribution in [0.2, 0.25) is 0 Å². The summed E-state index contributed by atoms with van der Waals surface area (Å²) in [5, 5.41) is 0. The molecule has 1 heterocycles. The van der Waals surface area contributed by atoms with Gasteiger partial charge in [0.15, 0.2) is 0 Å². The van der Waals surface area contributed by atoms with Gasteiger partial charge in [0.05, 0.1) is 0 Å². The third kappa shape index (κ3) is 3.32. The van der Waals surface area contributed by atoms with Crippen LogP contribution < -0.4 is 5.73 Å². The third-order valence-electron chi connectivity index (χ3n) is 3.90. The van der Waals surface area contributed by atoms with Crippen molar-refractivity contribution in [3.8, 4) is 0 Å². The van der Waals surface area contributed by atoms with Gasteiger partial charge in [-0.2, -0.15) is 0 Å². The average molecular weight is 264 g/mol. The van der Waals surface area contributed by atoms with E-state index in [1.165, 1.54) is 6.07 Å². The summed E-state index contributed by atoms with van der Waals surface area (Å²) in [6.07, 6.45) is 3.02. The molecule has 2 rings (SSSR count). The van der Waals surface area contributed by atoms with Gasteiger partial charge in [-0.05, 0) is 56.3 Å². The van der Waals surface area contributed by atoms with Crippen molar-refractivity contribution in [1.29, 1.82) is 0 Å². The van der Waals surface area contributed by atoms with Crippen molar-refractivity contribution in [3.05, 3.63) is 35.1 Å². The van der Waals surface area contributed by atoms with Crippen molar-refractivity contribution in [1.82, 2.24) is 4.90 Å². The fourth-order valence-electron chi connectivity index (χ4n) is 2.57. The smallest absolute Gasteiger partial charge is 0.253 e. The predicted molar refractivity (Wildman–Crippen MR) is 73.4 cm³/mol. The van der Waals surface area contributed by atoms with Gasteiger partial charge in [-0.1, -0.05) is 6.07 Å². The quantitative estimate of drug-likeness (QED) is 0.910. The lowest BCUT2D eigenvalue weighted by atomic mass is 9.93. The molecule has 1 aliphatic rings. The minimum atomic E-state index is -0.316. The van der Waals surface area contributed by atoms with Crippen LogP contribution in [0.4, 0.5) is 4.39 Å². The molecule has 19 heavy (non-hydrogen) atoms. The Hall–Kier alpha value is -1.42. The lowest BCUT2D eigenvalue weighted by Gasteiger charge is -2.32. The van der Waals surface area contributed by atoms with Gasteiger partial charge < -0.3 is 10.6 Å². The second-order valence-electron chi connectivity index (χ2n) is 5.28. The van der Waals surface area contributed by atoms with Gasteiger partial charge in [-0.3, -0.25) is 4.79 Å². The van der Waals surface area contributed by atoms with Crippen molar-refractivity contribution >= 4 is 5.91 Å².